The number of hydrogen-bond acceptors (Lipinski definition) is 4. The molecule has 2 N–H and O–H groups in total. The van der Waals surface area contributed by atoms with Crippen molar-refractivity contribution in [2.75, 3.05) is 39.4 Å². The second-order valence-corrected chi connectivity index (χ2v) is 4.86. The Hall–Kier alpha value is -1.26. The summed E-state index contributed by atoms with van der Waals surface area (Å²) in [5.74, 6) is 1.78. The maximum absolute atomic E-state index is 5.73. The first-order valence-corrected chi connectivity index (χ1v) is 7.16. The minimum Gasteiger partial charge on any atom is -0.494 e. The van der Waals surface area contributed by atoms with Gasteiger partial charge in [-0.05, 0) is 63.2 Å². The highest BCUT2D eigenvalue weighted by Gasteiger charge is 2.10. The van der Waals surface area contributed by atoms with Crippen molar-refractivity contribution in [2.45, 2.75) is 19.3 Å². The van der Waals surface area contributed by atoms with Crippen molar-refractivity contribution in [3.63, 3.8) is 0 Å². The topological polar surface area (TPSA) is 47.7 Å². The molecule has 1 aromatic rings. The lowest BCUT2D eigenvalue weighted by atomic mass is 10.3. The molecule has 4 heteroatoms. The minimum atomic E-state index is 0.664. The number of likely N-dealkylation sites (tertiary alicyclic amines) is 1. The van der Waals surface area contributed by atoms with Crippen LogP contribution in [0.15, 0.2) is 24.3 Å². The SMILES string of the molecule is NCCCOc1ccc(OCCN2CCCC2)cc1. The molecule has 19 heavy (non-hydrogen) atoms. The molecule has 0 spiro atoms. The van der Waals surface area contributed by atoms with E-state index >= 15 is 0 Å². The summed E-state index contributed by atoms with van der Waals surface area (Å²) >= 11 is 0. The number of hydrogen-bond donors (Lipinski definition) is 1. The molecule has 1 saturated heterocycles. The molecule has 1 fully saturated rings. The summed E-state index contributed by atoms with van der Waals surface area (Å²) in [5, 5.41) is 0. The molecular formula is C15H24N2O2. The van der Waals surface area contributed by atoms with Gasteiger partial charge in [-0.25, -0.2) is 0 Å². The Morgan fingerprint density at radius 2 is 1.53 bits per heavy atom. The van der Waals surface area contributed by atoms with Crippen LogP contribution >= 0.6 is 0 Å². The summed E-state index contributed by atoms with van der Waals surface area (Å²) < 4.78 is 11.3. The zero-order valence-electron chi connectivity index (χ0n) is 11.5. The number of benzene rings is 1. The van der Waals surface area contributed by atoms with E-state index in [1.165, 1.54) is 25.9 Å². The summed E-state index contributed by atoms with van der Waals surface area (Å²) in [7, 11) is 0. The fraction of sp³-hybridized carbons (Fsp3) is 0.600. The van der Waals surface area contributed by atoms with Crippen molar-refractivity contribution in [1.82, 2.24) is 4.90 Å². The standard InChI is InChI=1S/C15H24N2O2/c16-8-3-12-18-14-4-6-15(7-5-14)19-13-11-17-9-1-2-10-17/h4-7H,1-3,8-13,16H2. The average Bonchev–Trinajstić information content (AvgIpc) is 2.94. The van der Waals surface area contributed by atoms with Gasteiger partial charge < -0.3 is 15.2 Å². The molecule has 0 bridgehead atoms. The van der Waals surface area contributed by atoms with Gasteiger partial charge in [0.15, 0.2) is 0 Å². The van der Waals surface area contributed by atoms with Gasteiger partial charge in [0.2, 0.25) is 0 Å². The summed E-state index contributed by atoms with van der Waals surface area (Å²) in [6.07, 6.45) is 3.54. The van der Waals surface area contributed by atoms with Crippen molar-refractivity contribution < 1.29 is 9.47 Å². The zero-order valence-corrected chi connectivity index (χ0v) is 11.5. The monoisotopic (exact) mass is 264 g/mol. The molecule has 1 aliphatic heterocycles. The Bertz CT molecular complexity index is 348. The lowest BCUT2D eigenvalue weighted by Crippen LogP contribution is -2.25. The Balaban J connectivity index is 1.66. The van der Waals surface area contributed by atoms with Crippen molar-refractivity contribution in [3.05, 3.63) is 24.3 Å². The highest BCUT2D eigenvalue weighted by Crippen LogP contribution is 2.17. The van der Waals surface area contributed by atoms with Crippen LogP contribution in [0.25, 0.3) is 0 Å². The van der Waals surface area contributed by atoms with Gasteiger partial charge in [0.25, 0.3) is 0 Å². The van der Waals surface area contributed by atoms with E-state index in [0.29, 0.717) is 13.2 Å². The molecule has 0 aliphatic carbocycles. The van der Waals surface area contributed by atoms with E-state index in [1.807, 2.05) is 24.3 Å². The molecule has 0 atom stereocenters. The van der Waals surface area contributed by atoms with Gasteiger partial charge in [0.05, 0.1) is 6.61 Å². The van der Waals surface area contributed by atoms with Crippen LogP contribution in [0.1, 0.15) is 19.3 Å². The molecule has 2 rings (SSSR count). The fourth-order valence-electron chi connectivity index (χ4n) is 2.20. The summed E-state index contributed by atoms with van der Waals surface area (Å²) in [5.41, 5.74) is 5.42. The molecule has 0 unspecified atom stereocenters. The third-order valence-electron chi connectivity index (χ3n) is 3.32. The largest absolute Gasteiger partial charge is 0.494 e. The molecule has 4 nitrogen and oxygen atoms in total. The molecule has 1 aliphatic rings. The van der Waals surface area contributed by atoms with Crippen LogP contribution in [0.3, 0.4) is 0 Å². The molecule has 0 radical (unpaired) electrons. The molecule has 1 aromatic carbocycles. The van der Waals surface area contributed by atoms with Gasteiger partial charge in [0.1, 0.15) is 18.1 Å². The first-order chi connectivity index (χ1) is 9.38. The van der Waals surface area contributed by atoms with E-state index in [9.17, 15) is 0 Å². The Labute approximate surface area is 115 Å². The van der Waals surface area contributed by atoms with Crippen LogP contribution in [-0.4, -0.2) is 44.3 Å². The number of rotatable bonds is 8. The first-order valence-electron chi connectivity index (χ1n) is 7.16. The van der Waals surface area contributed by atoms with Crippen molar-refractivity contribution in [1.29, 1.82) is 0 Å². The maximum Gasteiger partial charge on any atom is 0.119 e. The van der Waals surface area contributed by atoms with Crippen LogP contribution in [0.4, 0.5) is 0 Å². The van der Waals surface area contributed by atoms with Gasteiger partial charge in [-0.2, -0.15) is 0 Å². The Morgan fingerprint density at radius 1 is 0.947 bits per heavy atom. The third kappa shape index (κ3) is 5.09. The molecule has 0 saturated carbocycles. The van der Waals surface area contributed by atoms with E-state index in [0.717, 1.165) is 31.1 Å². The van der Waals surface area contributed by atoms with Gasteiger partial charge in [-0.15, -0.1) is 0 Å². The predicted octanol–water partition coefficient (Wildman–Crippen LogP) is 1.89. The quantitative estimate of drug-likeness (QED) is 0.728. The zero-order chi connectivity index (χ0) is 13.3. The molecule has 106 valence electrons. The van der Waals surface area contributed by atoms with Crippen LogP contribution in [0, 0.1) is 0 Å². The smallest absolute Gasteiger partial charge is 0.119 e. The van der Waals surface area contributed by atoms with Crippen molar-refractivity contribution in [2.24, 2.45) is 5.73 Å². The van der Waals surface area contributed by atoms with E-state index < -0.39 is 0 Å². The van der Waals surface area contributed by atoms with Crippen molar-refractivity contribution >= 4 is 0 Å². The van der Waals surface area contributed by atoms with Gasteiger partial charge in [-0.3, -0.25) is 4.90 Å². The van der Waals surface area contributed by atoms with Crippen LogP contribution in [0.5, 0.6) is 11.5 Å². The minimum absolute atomic E-state index is 0.664. The van der Waals surface area contributed by atoms with Crippen molar-refractivity contribution in [3.8, 4) is 11.5 Å². The summed E-state index contributed by atoms with van der Waals surface area (Å²) in [4.78, 5) is 2.45. The van der Waals surface area contributed by atoms with Crippen LogP contribution in [0.2, 0.25) is 0 Å². The summed E-state index contributed by atoms with van der Waals surface area (Å²) in [6.45, 7) is 5.56. The van der Waals surface area contributed by atoms with E-state index in [-0.39, 0.29) is 0 Å². The number of nitrogens with two attached hydrogens (primary N) is 1. The number of nitrogens with zero attached hydrogens (tertiary/aromatic N) is 1. The second-order valence-electron chi connectivity index (χ2n) is 4.86. The van der Waals surface area contributed by atoms with Crippen LogP contribution < -0.4 is 15.2 Å². The molecule has 0 amide bonds. The first kappa shape index (κ1) is 14.2. The maximum atomic E-state index is 5.73. The third-order valence-corrected chi connectivity index (χ3v) is 3.32. The number of ether oxygens (including phenoxy) is 2. The Morgan fingerprint density at radius 3 is 2.11 bits per heavy atom. The molecule has 1 heterocycles. The lowest BCUT2D eigenvalue weighted by Gasteiger charge is -2.15. The fourth-order valence-corrected chi connectivity index (χ4v) is 2.20. The van der Waals surface area contributed by atoms with Gasteiger partial charge >= 0.3 is 0 Å². The molecule has 0 aromatic heterocycles. The lowest BCUT2D eigenvalue weighted by molar-refractivity contribution is 0.237. The molecular weight excluding hydrogens is 240 g/mol. The highest BCUT2D eigenvalue weighted by atomic mass is 16.5. The van der Waals surface area contributed by atoms with Gasteiger partial charge in [0, 0.05) is 6.54 Å². The average molecular weight is 264 g/mol. The second kappa shape index (κ2) is 8.02. The normalized spacial score (nSPS) is 15.6. The predicted molar refractivity (Wildman–Crippen MR) is 76.8 cm³/mol. The van der Waals surface area contributed by atoms with E-state index in [1.54, 1.807) is 0 Å². The summed E-state index contributed by atoms with van der Waals surface area (Å²) in [6, 6.07) is 7.81. The van der Waals surface area contributed by atoms with E-state index in [2.05, 4.69) is 4.90 Å². The van der Waals surface area contributed by atoms with Crippen LogP contribution in [-0.2, 0) is 0 Å². The van der Waals surface area contributed by atoms with E-state index in [4.69, 9.17) is 15.2 Å². The highest BCUT2D eigenvalue weighted by molar-refractivity contribution is 5.31. The van der Waals surface area contributed by atoms with Gasteiger partial charge in [-0.1, -0.05) is 0 Å². The Kier molecular flexibility index (Phi) is 5.98.